The Bertz CT molecular complexity index is 992. The van der Waals surface area contributed by atoms with Crippen LogP contribution in [0.1, 0.15) is 5.69 Å². The van der Waals surface area contributed by atoms with Crippen LogP contribution in [0.15, 0.2) is 46.5 Å². The standard InChI is InChI=1S/C15H17N7O3S/c1-12-2-3-22(19-12)15-8-14(16-11-17-15)20-4-6-21(7-5-20)26(23,24)13-9-18-25-10-13/h2-3,8-11H,4-7H2,1H3. The normalized spacial score (nSPS) is 16.1. The maximum absolute atomic E-state index is 12.5. The lowest BCUT2D eigenvalue weighted by Gasteiger charge is -2.34. The van der Waals surface area contributed by atoms with Gasteiger partial charge in [0.15, 0.2) is 5.82 Å². The second kappa shape index (κ2) is 6.50. The largest absolute Gasteiger partial charge is 0.363 e. The number of aromatic nitrogens is 5. The van der Waals surface area contributed by atoms with Crippen LogP contribution in [-0.2, 0) is 10.0 Å². The minimum atomic E-state index is -3.57. The fourth-order valence-corrected chi connectivity index (χ4v) is 4.09. The van der Waals surface area contributed by atoms with Crippen LogP contribution in [-0.4, -0.2) is 63.8 Å². The second-order valence-corrected chi connectivity index (χ2v) is 7.83. The highest BCUT2D eigenvalue weighted by Gasteiger charge is 2.30. The van der Waals surface area contributed by atoms with Gasteiger partial charge in [0.05, 0.1) is 11.9 Å². The minimum Gasteiger partial charge on any atom is -0.363 e. The number of piperazine rings is 1. The molecule has 1 aliphatic rings. The van der Waals surface area contributed by atoms with E-state index < -0.39 is 10.0 Å². The highest BCUT2D eigenvalue weighted by atomic mass is 32.2. The summed E-state index contributed by atoms with van der Waals surface area (Å²) in [6.45, 7) is 3.67. The van der Waals surface area contributed by atoms with Gasteiger partial charge in [0.1, 0.15) is 23.3 Å². The molecule has 26 heavy (non-hydrogen) atoms. The lowest BCUT2D eigenvalue weighted by Crippen LogP contribution is -2.48. The van der Waals surface area contributed by atoms with Crippen molar-refractivity contribution in [3.8, 4) is 5.82 Å². The molecule has 0 amide bonds. The van der Waals surface area contributed by atoms with Crippen molar-refractivity contribution >= 4 is 15.8 Å². The summed E-state index contributed by atoms with van der Waals surface area (Å²) < 4.78 is 32.8. The number of hydrogen-bond donors (Lipinski definition) is 0. The third-order valence-electron chi connectivity index (χ3n) is 4.21. The van der Waals surface area contributed by atoms with E-state index in [0.717, 1.165) is 17.8 Å². The average Bonchev–Trinajstić information content (AvgIpc) is 3.34. The summed E-state index contributed by atoms with van der Waals surface area (Å²) in [4.78, 5) is 10.7. The molecule has 3 aromatic heterocycles. The topological polar surface area (TPSA) is 110 Å². The molecule has 10 nitrogen and oxygen atoms in total. The van der Waals surface area contributed by atoms with E-state index in [2.05, 4.69) is 24.7 Å². The van der Waals surface area contributed by atoms with Gasteiger partial charge < -0.3 is 9.42 Å². The maximum Gasteiger partial charge on any atom is 0.248 e. The molecule has 0 spiro atoms. The van der Waals surface area contributed by atoms with E-state index in [1.165, 1.54) is 16.8 Å². The Morgan fingerprint density at radius 3 is 2.54 bits per heavy atom. The molecule has 0 aliphatic carbocycles. The highest BCUT2D eigenvalue weighted by Crippen LogP contribution is 2.20. The number of hydrogen-bond acceptors (Lipinski definition) is 8. The fraction of sp³-hybridized carbons (Fsp3) is 0.333. The highest BCUT2D eigenvalue weighted by molar-refractivity contribution is 7.89. The first-order chi connectivity index (χ1) is 12.5. The molecule has 11 heteroatoms. The molecule has 136 valence electrons. The molecule has 0 atom stereocenters. The van der Waals surface area contributed by atoms with Crippen molar-refractivity contribution in [3.63, 3.8) is 0 Å². The Hall–Kier alpha value is -2.79. The predicted molar refractivity (Wildman–Crippen MR) is 91.4 cm³/mol. The van der Waals surface area contributed by atoms with Crippen molar-refractivity contribution in [3.05, 3.63) is 42.8 Å². The van der Waals surface area contributed by atoms with Gasteiger partial charge in [-0.15, -0.1) is 0 Å². The fourth-order valence-electron chi connectivity index (χ4n) is 2.81. The molecule has 0 aromatic carbocycles. The summed E-state index contributed by atoms with van der Waals surface area (Å²) in [6, 6.07) is 3.74. The van der Waals surface area contributed by atoms with Crippen LogP contribution >= 0.6 is 0 Å². The predicted octanol–water partition coefficient (Wildman–Crippen LogP) is 0.470. The zero-order chi connectivity index (χ0) is 18.1. The number of anilines is 1. The number of nitrogens with zero attached hydrogens (tertiary/aromatic N) is 7. The van der Waals surface area contributed by atoms with Crippen LogP contribution in [0.5, 0.6) is 0 Å². The van der Waals surface area contributed by atoms with E-state index in [9.17, 15) is 8.42 Å². The van der Waals surface area contributed by atoms with Gasteiger partial charge >= 0.3 is 0 Å². The second-order valence-electron chi connectivity index (χ2n) is 5.89. The Morgan fingerprint density at radius 1 is 1.12 bits per heavy atom. The Balaban J connectivity index is 1.49. The smallest absolute Gasteiger partial charge is 0.248 e. The molecular formula is C15H17N7O3S. The molecule has 0 unspecified atom stereocenters. The Morgan fingerprint density at radius 2 is 1.88 bits per heavy atom. The van der Waals surface area contributed by atoms with Crippen LogP contribution in [0.3, 0.4) is 0 Å². The molecule has 0 radical (unpaired) electrons. The van der Waals surface area contributed by atoms with E-state index in [-0.39, 0.29) is 4.90 Å². The van der Waals surface area contributed by atoms with Crippen LogP contribution in [0, 0.1) is 6.92 Å². The first-order valence-corrected chi connectivity index (χ1v) is 9.47. The van der Waals surface area contributed by atoms with Crippen molar-refractivity contribution in [1.29, 1.82) is 0 Å². The molecule has 1 aliphatic heterocycles. The average molecular weight is 375 g/mol. The van der Waals surface area contributed by atoms with E-state index in [0.29, 0.717) is 32.0 Å². The van der Waals surface area contributed by atoms with Crippen molar-refractivity contribution in [1.82, 2.24) is 29.2 Å². The van der Waals surface area contributed by atoms with Crippen LogP contribution in [0.2, 0.25) is 0 Å². The lowest BCUT2D eigenvalue weighted by atomic mass is 10.3. The SMILES string of the molecule is Cc1ccn(-c2cc(N3CCN(S(=O)(=O)c4cnoc4)CC3)ncn2)n1. The first-order valence-electron chi connectivity index (χ1n) is 8.03. The zero-order valence-corrected chi connectivity index (χ0v) is 14.9. The van der Waals surface area contributed by atoms with Gasteiger partial charge in [-0.2, -0.15) is 9.40 Å². The number of aryl methyl sites for hydroxylation is 1. The number of sulfonamides is 1. The minimum absolute atomic E-state index is 0.0734. The van der Waals surface area contributed by atoms with Crippen LogP contribution in [0.4, 0.5) is 5.82 Å². The van der Waals surface area contributed by atoms with Crippen molar-refractivity contribution in [2.24, 2.45) is 0 Å². The molecule has 0 N–H and O–H groups in total. The third kappa shape index (κ3) is 3.06. The van der Waals surface area contributed by atoms with E-state index in [4.69, 9.17) is 0 Å². The van der Waals surface area contributed by atoms with Gasteiger partial charge in [0, 0.05) is 38.4 Å². The molecular weight excluding hydrogens is 358 g/mol. The van der Waals surface area contributed by atoms with Crippen molar-refractivity contribution in [2.75, 3.05) is 31.1 Å². The summed E-state index contributed by atoms with van der Waals surface area (Å²) in [5.74, 6) is 1.41. The van der Waals surface area contributed by atoms with Gasteiger partial charge in [-0.25, -0.2) is 23.1 Å². The van der Waals surface area contributed by atoms with Crippen LogP contribution < -0.4 is 4.90 Å². The van der Waals surface area contributed by atoms with Crippen molar-refractivity contribution < 1.29 is 12.9 Å². The lowest BCUT2D eigenvalue weighted by molar-refractivity contribution is 0.382. The monoisotopic (exact) mass is 375 g/mol. The van der Waals surface area contributed by atoms with Crippen LogP contribution in [0.25, 0.3) is 5.82 Å². The molecule has 3 aromatic rings. The molecule has 1 fully saturated rings. The quantitative estimate of drug-likeness (QED) is 0.647. The maximum atomic E-state index is 12.5. The first kappa shape index (κ1) is 16.7. The molecule has 1 saturated heterocycles. The van der Waals surface area contributed by atoms with Gasteiger partial charge in [0.2, 0.25) is 10.0 Å². The van der Waals surface area contributed by atoms with Gasteiger partial charge in [0.25, 0.3) is 0 Å². The van der Waals surface area contributed by atoms with Gasteiger partial charge in [-0.1, -0.05) is 5.16 Å². The molecule has 0 saturated carbocycles. The summed E-state index contributed by atoms with van der Waals surface area (Å²) in [5, 5.41) is 7.82. The van der Waals surface area contributed by atoms with E-state index >= 15 is 0 Å². The van der Waals surface area contributed by atoms with E-state index in [1.807, 2.05) is 30.2 Å². The van der Waals surface area contributed by atoms with E-state index in [1.54, 1.807) is 4.68 Å². The molecule has 4 rings (SSSR count). The van der Waals surface area contributed by atoms with Gasteiger partial charge in [-0.05, 0) is 13.0 Å². The Labute approximate surface area is 150 Å². The number of rotatable bonds is 4. The van der Waals surface area contributed by atoms with Crippen molar-refractivity contribution in [2.45, 2.75) is 11.8 Å². The summed E-state index contributed by atoms with van der Waals surface area (Å²) in [6.07, 6.45) is 5.68. The Kier molecular flexibility index (Phi) is 4.17. The zero-order valence-electron chi connectivity index (χ0n) is 14.1. The molecule has 0 bridgehead atoms. The van der Waals surface area contributed by atoms with Gasteiger partial charge in [-0.3, -0.25) is 0 Å². The third-order valence-corrected chi connectivity index (χ3v) is 6.05. The summed E-state index contributed by atoms with van der Waals surface area (Å²) in [5.41, 5.74) is 0.901. The summed E-state index contributed by atoms with van der Waals surface area (Å²) in [7, 11) is -3.57. The molecule has 4 heterocycles. The summed E-state index contributed by atoms with van der Waals surface area (Å²) >= 11 is 0.